The molecule has 0 bridgehead atoms. The van der Waals surface area contributed by atoms with Gasteiger partial charge in [0.1, 0.15) is 13.2 Å². The molecule has 14 nitrogen and oxygen atoms in total. The third-order valence-electron chi connectivity index (χ3n) is 5.90. The number of aliphatic hydroxyl groups is 2. The van der Waals surface area contributed by atoms with Gasteiger partial charge >= 0.3 is 35.8 Å². The van der Waals surface area contributed by atoms with Crippen molar-refractivity contribution in [1.82, 2.24) is 0 Å². The highest BCUT2D eigenvalue weighted by Gasteiger charge is 2.45. The molecule has 0 unspecified atom stereocenters. The molecule has 2 N–H and O–H groups in total. The third-order valence-corrected chi connectivity index (χ3v) is 5.90. The van der Waals surface area contributed by atoms with E-state index in [0.29, 0.717) is 0 Å². The van der Waals surface area contributed by atoms with Gasteiger partial charge in [-0.25, -0.2) is 9.59 Å². The van der Waals surface area contributed by atoms with Crippen molar-refractivity contribution in [2.45, 2.75) is 119 Å². The van der Waals surface area contributed by atoms with Crippen LogP contribution in [0.4, 0.5) is 0 Å². The molecule has 0 aromatic heterocycles. The van der Waals surface area contributed by atoms with Gasteiger partial charge in [-0.15, -0.1) is 0 Å². The molecular weight excluding hydrogens is 584 g/mol. The molecule has 14 heteroatoms. The molecule has 0 saturated heterocycles. The van der Waals surface area contributed by atoms with Crippen LogP contribution < -0.4 is 0 Å². The van der Waals surface area contributed by atoms with E-state index in [1.54, 1.807) is 55.4 Å². The molecule has 0 spiro atoms. The minimum absolute atomic E-state index is 0.0956. The average molecular weight is 635 g/mol. The van der Waals surface area contributed by atoms with E-state index >= 15 is 0 Å². The van der Waals surface area contributed by atoms with Gasteiger partial charge in [0, 0.05) is 26.7 Å². The smallest absolute Gasteiger partial charge is 0.335 e. The summed E-state index contributed by atoms with van der Waals surface area (Å²) >= 11 is 0. The lowest BCUT2D eigenvalue weighted by Crippen LogP contribution is -2.55. The Balaban J connectivity index is 6.84. The van der Waals surface area contributed by atoms with E-state index in [-0.39, 0.29) is 24.7 Å². The maximum atomic E-state index is 12.8. The number of rotatable bonds is 19. The predicted octanol–water partition coefficient (Wildman–Crippen LogP) is 1.89. The molecular formula is C30H50O14. The summed E-state index contributed by atoms with van der Waals surface area (Å²) in [5.41, 5.74) is 0. The van der Waals surface area contributed by atoms with E-state index in [1.165, 1.54) is 0 Å². The van der Waals surface area contributed by atoms with Crippen molar-refractivity contribution in [2.75, 3.05) is 13.2 Å². The zero-order valence-electron chi connectivity index (χ0n) is 27.4. The molecule has 6 atom stereocenters. The van der Waals surface area contributed by atoms with Gasteiger partial charge in [-0.2, -0.15) is 0 Å². The molecule has 0 saturated carbocycles. The Kier molecular flexibility index (Phi) is 18.4. The first-order valence-electron chi connectivity index (χ1n) is 14.7. The van der Waals surface area contributed by atoms with Crippen LogP contribution in [-0.4, -0.2) is 95.9 Å². The number of esters is 6. The van der Waals surface area contributed by atoms with Crippen molar-refractivity contribution >= 4 is 35.8 Å². The van der Waals surface area contributed by atoms with Crippen LogP contribution in [0.5, 0.6) is 0 Å². The lowest BCUT2D eigenvalue weighted by atomic mass is 10.0. The van der Waals surface area contributed by atoms with Gasteiger partial charge < -0.3 is 38.6 Å². The van der Waals surface area contributed by atoms with Crippen LogP contribution in [0, 0.1) is 23.7 Å². The number of carbonyl (C=O) groups excluding carboxylic acids is 6. The van der Waals surface area contributed by atoms with Crippen molar-refractivity contribution in [3.05, 3.63) is 0 Å². The van der Waals surface area contributed by atoms with E-state index in [2.05, 4.69) is 0 Å². The van der Waals surface area contributed by atoms with Crippen molar-refractivity contribution in [2.24, 2.45) is 23.7 Å². The van der Waals surface area contributed by atoms with E-state index in [1.807, 2.05) is 0 Å². The Labute approximate surface area is 259 Å². The zero-order valence-corrected chi connectivity index (χ0v) is 27.4. The molecule has 0 aliphatic heterocycles. The molecule has 0 fully saturated rings. The number of aliphatic hydroxyl groups excluding tert-OH is 2. The third kappa shape index (κ3) is 16.0. The average Bonchev–Trinajstić information content (AvgIpc) is 2.88. The zero-order chi connectivity index (χ0) is 34.3. The van der Waals surface area contributed by atoms with Crippen molar-refractivity contribution in [1.29, 1.82) is 0 Å². The Morgan fingerprint density at radius 2 is 0.818 bits per heavy atom. The quantitative estimate of drug-likeness (QED) is 0.154. The second-order valence-electron chi connectivity index (χ2n) is 12.0. The van der Waals surface area contributed by atoms with Crippen LogP contribution in [0.2, 0.25) is 0 Å². The number of carbonyl (C=O) groups is 6. The fraction of sp³-hybridized carbons (Fsp3) is 0.800. The molecule has 0 aromatic carbocycles. The lowest BCUT2D eigenvalue weighted by molar-refractivity contribution is -0.209. The summed E-state index contributed by atoms with van der Waals surface area (Å²) in [4.78, 5) is 75.0. The first kappa shape index (κ1) is 40.7. The molecule has 0 heterocycles. The SMILES string of the molecule is CC(=O)O[C@@H]([C@H](OC(C)=O)[C@@H](COC(=O)[C@H](O)C(C)C)OC(=O)CC(C)C)[C@@H](COC(=O)[C@H](O)C(C)C)OC(=O)CC(C)C. The second kappa shape index (κ2) is 19.9. The van der Waals surface area contributed by atoms with E-state index in [9.17, 15) is 39.0 Å². The molecule has 0 aromatic rings. The number of hydrogen-bond donors (Lipinski definition) is 2. The van der Waals surface area contributed by atoms with Crippen molar-refractivity contribution < 1.29 is 67.4 Å². The highest BCUT2D eigenvalue weighted by atomic mass is 16.6. The summed E-state index contributed by atoms with van der Waals surface area (Å²) in [7, 11) is 0. The first-order chi connectivity index (χ1) is 20.3. The van der Waals surface area contributed by atoms with Crippen molar-refractivity contribution in [3.63, 3.8) is 0 Å². The summed E-state index contributed by atoms with van der Waals surface area (Å²) in [6.45, 7) is 13.7. The highest BCUT2D eigenvalue weighted by molar-refractivity contribution is 5.75. The summed E-state index contributed by atoms with van der Waals surface area (Å²) in [5.74, 6) is -6.96. The Morgan fingerprint density at radius 1 is 0.523 bits per heavy atom. The van der Waals surface area contributed by atoms with E-state index < -0.39 is 97.5 Å². The molecule has 254 valence electrons. The standard InChI is InChI=1S/C30H50O14/c1-15(2)11-23(33)43-21(13-39-29(37)25(35)17(5)6)27(41-19(9)31)28(42-20(10)32)22(44-24(34)12-16(3)4)14-40-30(38)26(36)18(7)8/h15-18,21-22,25-28,35-36H,11-14H2,1-10H3/t21-,22-,25-,26-,27-,28-/m1/s1. The van der Waals surface area contributed by atoms with Gasteiger partial charge in [-0.3, -0.25) is 19.2 Å². The summed E-state index contributed by atoms with van der Waals surface area (Å²) in [6, 6.07) is 0. The highest BCUT2D eigenvalue weighted by Crippen LogP contribution is 2.23. The van der Waals surface area contributed by atoms with Gasteiger partial charge in [0.2, 0.25) is 0 Å². The van der Waals surface area contributed by atoms with Gasteiger partial charge in [-0.1, -0.05) is 55.4 Å². The van der Waals surface area contributed by atoms with Crippen LogP contribution in [0.15, 0.2) is 0 Å². The van der Waals surface area contributed by atoms with Crippen LogP contribution in [0.25, 0.3) is 0 Å². The fourth-order valence-corrected chi connectivity index (χ4v) is 3.63. The number of hydrogen-bond acceptors (Lipinski definition) is 14. The lowest BCUT2D eigenvalue weighted by Gasteiger charge is -2.35. The van der Waals surface area contributed by atoms with Gasteiger partial charge in [0.05, 0.1) is 0 Å². The van der Waals surface area contributed by atoms with Gasteiger partial charge in [-0.05, 0) is 23.7 Å². The monoisotopic (exact) mass is 634 g/mol. The first-order valence-corrected chi connectivity index (χ1v) is 14.7. The molecule has 0 radical (unpaired) electrons. The van der Waals surface area contributed by atoms with Crippen LogP contribution >= 0.6 is 0 Å². The summed E-state index contributed by atoms with van der Waals surface area (Å²) < 4.78 is 32.3. The molecule has 0 aliphatic carbocycles. The van der Waals surface area contributed by atoms with Gasteiger partial charge in [0.25, 0.3) is 0 Å². The van der Waals surface area contributed by atoms with Crippen LogP contribution in [0.1, 0.15) is 82.1 Å². The Hall–Kier alpha value is -3.26. The van der Waals surface area contributed by atoms with Crippen LogP contribution in [-0.2, 0) is 57.2 Å². The molecule has 0 aliphatic rings. The minimum Gasteiger partial charge on any atom is -0.460 e. The molecule has 0 rings (SSSR count). The van der Waals surface area contributed by atoms with E-state index in [0.717, 1.165) is 13.8 Å². The normalized spacial score (nSPS) is 15.5. The van der Waals surface area contributed by atoms with Gasteiger partial charge in [0.15, 0.2) is 36.6 Å². The second-order valence-corrected chi connectivity index (χ2v) is 12.0. The van der Waals surface area contributed by atoms with Crippen LogP contribution in [0.3, 0.4) is 0 Å². The largest absolute Gasteiger partial charge is 0.460 e. The maximum absolute atomic E-state index is 12.8. The minimum atomic E-state index is -1.76. The molecule has 44 heavy (non-hydrogen) atoms. The van der Waals surface area contributed by atoms with E-state index in [4.69, 9.17) is 28.4 Å². The summed E-state index contributed by atoms with van der Waals surface area (Å²) in [5, 5.41) is 20.2. The molecule has 0 amide bonds. The number of ether oxygens (including phenoxy) is 6. The topological polar surface area (TPSA) is 198 Å². The Morgan fingerprint density at radius 3 is 1.05 bits per heavy atom. The van der Waals surface area contributed by atoms with Crippen molar-refractivity contribution in [3.8, 4) is 0 Å². The fourth-order valence-electron chi connectivity index (χ4n) is 3.63. The Bertz CT molecular complexity index is 881. The predicted molar refractivity (Wildman–Crippen MR) is 153 cm³/mol. The maximum Gasteiger partial charge on any atom is 0.335 e. The summed E-state index contributed by atoms with van der Waals surface area (Å²) in [6.07, 6.45) is -10.1.